The van der Waals surface area contributed by atoms with Gasteiger partial charge in [-0.15, -0.1) is 0 Å². The van der Waals surface area contributed by atoms with E-state index >= 15 is 0 Å². The summed E-state index contributed by atoms with van der Waals surface area (Å²) in [6.07, 6.45) is 4.00. The maximum absolute atomic E-state index is 5.36. The SMILES string of the molecule is c1cc(C2CC2)ccc1CNCCCN1CCOCC1. The number of nitrogens with zero attached hydrogens (tertiary/aromatic N) is 1. The van der Waals surface area contributed by atoms with Gasteiger partial charge in [-0.25, -0.2) is 0 Å². The van der Waals surface area contributed by atoms with E-state index < -0.39 is 0 Å². The van der Waals surface area contributed by atoms with Gasteiger partial charge < -0.3 is 10.1 Å². The molecule has 3 rings (SSSR count). The molecule has 0 amide bonds. The molecule has 0 bridgehead atoms. The highest BCUT2D eigenvalue weighted by Gasteiger charge is 2.22. The summed E-state index contributed by atoms with van der Waals surface area (Å²) in [7, 11) is 0. The van der Waals surface area contributed by atoms with E-state index in [1.807, 2.05) is 0 Å². The Bertz CT molecular complexity index is 394. The highest BCUT2D eigenvalue weighted by molar-refractivity contribution is 5.27. The van der Waals surface area contributed by atoms with Crippen molar-refractivity contribution in [2.75, 3.05) is 39.4 Å². The van der Waals surface area contributed by atoms with Crippen LogP contribution in [0.2, 0.25) is 0 Å². The Morgan fingerprint density at radius 2 is 1.85 bits per heavy atom. The van der Waals surface area contributed by atoms with E-state index in [4.69, 9.17) is 4.74 Å². The number of hydrogen-bond donors (Lipinski definition) is 1. The summed E-state index contributed by atoms with van der Waals surface area (Å²) in [5, 5.41) is 3.55. The monoisotopic (exact) mass is 274 g/mol. The molecule has 1 saturated heterocycles. The molecule has 3 heteroatoms. The van der Waals surface area contributed by atoms with Gasteiger partial charge >= 0.3 is 0 Å². The van der Waals surface area contributed by atoms with Crippen LogP contribution in [-0.4, -0.2) is 44.3 Å². The van der Waals surface area contributed by atoms with E-state index in [-0.39, 0.29) is 0 Å². The van der Waals surface area contributed by atoms with Crippen LogP contribution in [0.25, 0.3) is 0 Å². The van der Waals surface area contributed by atoms with Crippen molar-refractivity contribution in [2.45, 2.75) is 31.7 Å². The van der Waals surface area contributed by atoms with Crippen LogP contribution in [0.3, 0.4) is 0 Å². The zero-order valence-electron chi connectivity index (χ0n) is 12.3. The van der Waals surface area contributed by atoms with Gasteiger partial charge in [0, 0.05) is 19.6 Å². The smallest absolute Gasteiger partial charge is 0.0594 e. The van der Waals surface area contributed by atoms with Gasteiger partial charge in [-0.05, 0) is 49.4 Å². The topological polar surface area (TPSA) is 24.5 Å². The minimum absolute atomic E-state index is 0.866. The normalized spacial score (nSPS) is 20.2. The number of morpholine rings is 1. The van der Waals surface area contributed by atoms with Crippen molar-refractivity contribution in [2.24, 2.45) is 0 Å². The van der Waals surface area contributed by atoms with Gasteiger partial charge in [0.05, 0.1) is 13.2 Å². The van der Waals surface area contributed by atoms with Crippen LogP contribution in [0.4, 0.5) is 0 Å². The summed E-state index contributed by atoms with van der Waals surface area (Å²) in [4.78, 5) is 2.50. The molecule has 20 heavy (non-hydrogen) atoms. The Balaban J connectivity index is 1.29. The van der Waals surface area contributed by atoms with E-state index in [1.54, 1.807) is 0 Å². The van der Waals surface area contributed by atoms with Gasteiger partial charge in [-0.2, -0.15) is 0 Å². The molecule has 0 atom stereocenters. The first-order valence-electron chi connectivity index (χ1n) is 8.01. The van der Waals surface area contributed by atoms with E-state index in [1.165, 1.54) is 36.9 Å². The van der Waals surface area contributed by atoms with E-state index in [9.17, 15) is 0 Å². The van der Waals surface area contributed by atoms with Crippen molar-refractivity contribution in [3.8, 4) is 0 Å². The summed E-state index contributed by atoms with van der Waals surface area (Å²) in [5.74, 6) is 0.866. The largest absolute Gasteiger partial charge is 0.379 e. The lowest BCUT2D eigenvalue weighted by Gasteiger charge is -2.26. The standard InChI is InChI=1S/C17H26N2O/c1(9-19-10-12-20-13-11-19)8-18-14-15-2-4-16(5-3-15)17-6-7-17/h2-5,17-18H,1,6-14H2. The molecule has 0 aromatic heterocycles. The Kier molecular flexibility index (Phi) is 5.06. The lowest BCUT2D eigenvalue weighted by molar-refractivity contribution is 0.0374. The summed E-state index contributed by atoms with van der Waals surface area (Å²) < 4.78 is 5.36. The molecule has 0 spiro atoms. The van der Waals surface area contributed by atoms with Crippen molar-refractivity contribution in [3.63, 3.8) is 0 Å². The third-order valence-corrected chi connectivity index (χ3v) is 4.29. The van der Waals surface area contributed by atoms with Crippen LogP contribution in [0.5, 0.6) is 0 Å². The zero-order valence-corrected chi connectivity index (χ0v) is 12.3. The number of ether oxygens (including phenoxy) is 1. The molecule has 1 aliphatic carbocycles. The highest BCUT2D eigenvalue weighted by atomic mass is 16.5. The first-order chi connectivity index (χ1) is 9.92. The molecule has 2 fully saturated rings. The van der Waals surface area contributed by atoms with Crippen LogP contribution in [0.1, 0.15) is 36.3 Å². The van der Waals surface area contributed by atoms with Gasteiger partial charge in [0.25, 0.3) is 0 Å². The fourth-order valence-corrected chi connectivity index (χ4v) is 2.81. The zero-order chi connectivity index (χ0) is 13.6. The first kappa shape index (κ1) is 14.1. The second-order valence-electron chi connectivity index (χ2n) is 6.00. The van der Waals surface area contributed by atoms with Crippen molar-refractivity contribution in [3.05, 3.63) is 35.4 Å². The molecule has 2 aliphatic rings. The predicted molar refractivity (Wildman–Crippen MR) is 82.0 cm³/mol. The molecular formula is C17H26N2O. The molecule has 1 aromatic rings. The van der Waals surface area contributed by atoms with Crippen LogP contribution in [-0.2, 0) is 11.3 Å². The molecule has 110 valence electrons. The van der Waals surface area contributed by atoms with Crippen molar-refractivity contribution in [1.82, 2.24) is 10.2 Å². The molecule has 1 saturated carbocycles. The van der Waals surface area contributed by atoms with E-state index in [0.29, 0.717) is 0 Å². The maximum Gasteiger partial charge on any atom is 0.0594 e. The van der Waals surface area contributed by atoms with Gasteiger partial charge in [0.15, 0.2) is 0 Å². The van der Waals surface area contributed by atoms with Crippen molar-refractivity contribution in [1.29, 1.82) is 0 Å². The van der Waals surface area contributed by atoms with Gasteiger partial charge in [0.1, 0.15) is 0 Å². The van der Waals surface area contributed by atoms with Crippen molar-refractivity contribution < 1.29 is 4.74 Å². The number of nitrogens with one attached hydrogen (secondary N) is 1. The van der Waals surface area contributed by atoms with Crippen molar-refractivity contribution >= 4 is 0 Å². The molecule has 1 heterocycles. The Labute approximate surface area is 122 Å². The quantitative estimate of drug-likeness (QED) is 0.773. The summed E-state index contributed by atoms with van der Waals surface area (Å²) in [5.41, 5.74) is 2.93. The third-order valence-electron chi connectivity index (χ3n) is 4.29. The fourth-order valence-electron chi connectivity index (χ4n) is 2.81. The minimum Gasteiger partial charge on any atom is -0.379 e. The lowest BCUT2D eigenvalue weighted by Crippen LogP contribution is -2.37. The molecular weight excluding hydrogens is 248 g/mol. The minimum atomic E-state index is 0.866. The second-order valence-corrected chi connectivity index (χ2v) is 6.00. The van der Waals surface area contributed by atoms with Gasteiger partial charge in [-0.3, -0.25) is 4.90 Å². The third kappa shape index (κ3) is 4.30. The summed E-state index contributed by atoms with van der Waals surface area (Å²) in [6.45, 7) is 7.29. The molecule has 1 aromatic carbocycles. The maximum atomic E-state index is 5.36. The highest BCUT2D eigenvalue weighted by Crippen LogP contribution is 2.39. The number of hydrogen-bond acceptors (Lipinski definition) is 3. The van der Waals surface area contributed by atoms with Crippen LogP contribution >= 0.6 is 0 Å². The summed E-state index contributed by atoms with van der Waals surface area (Å²) in [6, 6.07) is 9.18. The Morgan fingerprint density at radius 3 is 2.55 bits per heavy atom. The Hall–Kier alpha value is -0.900. The number of rotatable bonds is 7. The summed E-state index contributed by atoms with van der Waals surface area (Å²) >= 11 is 0. The predicted octanol–water partition coefficient (Wildman–Crippen LogP) is 2.38. The lowest BCUT2D eigenvalue weighted by atomic mass is 10.1. The molecule has 1 aliphatic heterocycles. The first-order valence-corrected chi connectivity index (χ1v) is 8.01. The molecule has 0 radical (unpaired) electrons. The number of benzene rings is 1. The molecule has 0 unspecified atom stereocenters. The Morgan fingerprint density at radius 1 is 1.10 bits per heavy atom. The molecule has 3 nitrogen and oxygen atoms in total. The molecule has 1 N–H and O–H groups in total. The van der Waals surface area contributed by atoms with E-state index in [0.717, 1.165) is 45.3 Å². The van der Waals surface area contributed by atoms with Crippen LogP contribution in [0, 0.1) is 0 Å². The fraction of sp³-hybridized carbons (Fsp3) is 0.647. The average Bonchev–Trinajstić information content (AvgIpc) is 3.33. The second kappa shape index (κ2) is 7.21. The van der Waals surface area contributed by atoms with E-state index in [2.05, 4.69) is 34.5 Å². The van der Waals surface area contributed by atoms with Crippen LogP contribution < -0.4 is 5.32 Å². The van der Waals surface area contributed by atoms with Gasteiger partial charge in [0.2, 0.25) is 0 Å². The average molecular weight is 274 g/mol. The van der Waals surface area contributed by atoms with Gasteiger partial charge in [-0.1, -0.05) is 24.3 Å². The van der Waals surface area contributed by atoms with Crippen LogP contribution in [0.15, 0.2) is 24.3 Å².